The summed E-state index contributed by atoms with van der Waals surface area (Å²) >= 11 is 0. The molecule has 0 radical (unpaired) electrons. The van der Waals surface area contributed by atoms with Crippen LogP contribution in [-0.4, -0.2) is 21.7 Å². The predicted octanol–water partition coefficient (Wildman–Crippen LogP) is 4.44. The van der Waals surface area contributed by atoms with Gasteiger partial charge in [0.05, 0.1) is 6.04 Å². The number of carbonyl (C=O) groups is 1. The summed E-state index contributed by atoms with van der Waals surface area (Å²) in [4.78, 5) is 12.3. The van der Waals surface area contributed by atoms with E-state index >= 15 is 0 Å². The largest absolute Gasteiger partial charge is 0.487 e. The van der Waals surface area contributed by atoms with Gasteiger partial charge in [0.2, 0.25) is 0 Å². The maximum absolute atomic E-state index is 12.3. The molecule has 6 heteroatoms. The average Bonchev–Trinajstić information content (AvgIpc) is 2.68. The molecule has 1 unspecified atom stereocenters. The van der Waals surface area contributed by atoms with E-state index in [2.05, 4.69) is 40.7 Å². The van der Waals surface area contributed by atoms with E-state index < -0.39 is 0 Å². The number of amides is 1. The molecule has 0 saturated carbocycles. The second kappa shape index (κ2) is 7.31. The van der Waals surface area contributed by atoms with Crippen molar-refractivity contribution >= 4 is 17.4 Å². The van der Waals surface area contributed by atoms with Gasteiger partial charge in [0.1, 0.15) is 17.2 Å². The highest BCUT2D eigenvalue weighted by Gasteiger charge is 2.33. The number of rotatable bonds is 4. The van der Waals surface area contributed by atoms with Gasteiger partial charge in [-0.05, 0) is 44.2 Å². The second-order valence-corrected chi connectivity index (χ2v) is 7.42. The molecule has 0 spiro atoms. The number of hydrogen-bond donors (Lipinski definition) is 2. The third kappa shape index (κ3) is 3.96. The first kappa shape index (κ1) is 18.0. The van der Waals surface area contributed by atoms with Crippen molar-refractivity contribution < 1.29 is 9.53 Å². The van der Waals surface area contributed by atoms with E-state index in [1.165, 1.54) is 0 Å². The Morgan fingerprint density at radius 1 is 1.00 bits per heavy atom. The number of carbonyl (C=O) groups excluding carboxylic acids is 1. The molecular formula is C22H22N4O2. The van der Waals surface area contributed by atoms with Crippen molar-refractivity contribution in [2.45, 2.75) is 31.9 Å². The van der Waals surface area contributed by atoms with Gasteiger partial charge >= 0.3 is 0 Å². The number of fused-ring (bicyclic) bond motifs is 1. The molecule has 1 amide bonds. The molecule has 0 fully saturated rings. The Labute approximate surface area is 164 Å². The summed E-state index contributed by atoms with van der Waals surface area (Å²) in [6, 6.07) is 20.8. The molecule has 28 heavy (non-hydrogen) atoms. The Morgan fingerprint density at radius 2 is 1.75 bits per heavy atom. The highest BCUT2D eigenvalue weighted by molar-refractivity contribution is 6.02. The zero-order valence-electron chi connectivity index (χ0n) is 15.8. The Morgan fingerprint density at radius 3 is 2.50 bits per heavy atom. The number of nitrogens with zero attached hydrogens (tertiary/aromatic N) is 2. The van der Waals surface area contributed by atoms with Crippen LogP contribution in [-0.2, 0) is 0 Å². The number of anilines is 2. The van der Waals surface area contributed by atoms with E-state index in [-0.39, 0.29) is 23.2 Å². The first-order chi connectivity index (χ1) is 13.5. The fourth-order valence-electron chi connectivity index (χ4n) is 3.36. The molecule has 3 aromatic rings. The average molecular weight is 374 g/mol. The number of ether oxygens (including phenoxy) is 1. The van der Waals surface area contributed by atoms with Gasteiger partial charge in [-0.15, -0.1) is 10.2 Å². The maximum atomic E-state index is 12.3. The molecule has 0 saturated heterocycles. The van der Waals surface area contributed by atoms with Crippen molar-refractivity contribution in [2.75, 3.05) is 10.6 Å². The van der Waals surface area contributed by atoms with Gasteiger partial charge in [-0.2, -0.15) is 0 Å². The Bertz CT molecular complexity index is 971. The Hall–Kier alpha value is -3.41. The van der Waals surface area contributed by atoms with Crippen LogP contribution in [0.25, 0.3) is 0 Å². The van der Waals surface area contributed by atoms with Crippen LogP contribution >= 0.6 is 0 Å². The molecule has 6 nitrogen and oxygen atoms in total. The van der Waals surface area contributed by atoms with E-state index in [0.29, 0.717) is 5.82 Å². The molecule has 0 bridgehead atoms. The van der Waals surface area contributed by atoms with Crippen LogP contribution in [0.5, 0.6) is 5.75 Å². The van der Waals surface area contributed by atoms with Crippen LogP contribution in [0.15, 0.2) is 66.7 Å². The molecule has 2 N–H and O–H groups in total. The summed E-state index contributed by atoms with van der Waals surface area (Å²) < 4.78 is 6.07. The molecule has 1 aliphatic rings. The first-order valence-electron chi connectivity index (χ1n) is 9.25. The summed E-state index contributed by atoms with van der Waals surface area (Å²) in [5, 5.41) is 14.5. The van der Waals surface area contributed by atoms with Crippen molar-refractivity contribution in [1.82, 2.24) is 10.2 Å². The summed E-state index contributed by atoms with van der Waals surface area (Å²) in [6.07, 6.45) is 0.794. The lowest BCUT2D eigenvalue weighted by Crippen LogP contribution is -2.37. The summed E-state index contributed by atoms with van der Waals surface area (Å²) in [6.45, 7) is 4.14. The van der Waals surface area contributed by atoms with Gasteiger partial charge in [-0.25, -0.2) is 0 Å². The number of hydrogen-bond acceptors (Lipinski definition) is 5. The SMILES string of the molecule is CC1(C)CC(Nc2ccc(C(=O)Nc3ccccc3)nn2)c2ccccc2O1. The number of nitrogens with one attached hydrogen (secondary N) is 2. The summed E-state index contributed by atoms with van der Waals surface area (Å²) in [5.74, 6) is 1.21. The van der Waals surface area contributed by atoms with Gasteiger partial charge in [0, 0.05) is 17.7 Å². The number of aromatic nitrogens is 2. The van der Waals surface area contributed by atoms with Crippen LogP contribution in [0.3, 0.4) is 0 Å². The van der Waals surface area contributed by atoms with Gasteiger partial charge in [-0.3, -0.25) is 4.79 Å². The van der Waals surface area contributed by atoms with Gasteiger partial charge in [0.25, 0.3) is 5.91 Å². The number of benzene rings is 2. The Kier molecular flexibility index (Phi) is 4.69. The Balaban J connectivity index is 1.48. The zero-order chi connectivity index (χ0) is 19.6. The lowest BCUT2D eigenvalue weighted by molar-refractivity contribution is 0.0758. The van der Waals surface area contributed by atoms with Crippen molar-refractivity contribution in [3.8, 4) is 5.75 Å². The van der Waals surface area contributed by atoms with Gasteiger partial charge in [-0.1, -0.05) is 36.4 Å². The van der Waals surface area contributed by atoms with Crippen molar-refractivity contribution in [1.29, 1.82) is 0 Å². The smallest absolute Gasteiger partial charge is 0.276 e. The van der Waals surface area contributed by atoms with Crippen LogP contribution in [0.4, 0.5) is 11.5 Å². The summed E-state index contributed by atoms with van der Waals surface area (Å²) in [7, 11) is 0. The minimum absolute atomic E-state index is 0.0539. The van der Waals surface area contributed by atoms with E-state index in [0.717, 1.165) is 23.4 Å². The normalized spacial score (nSPS) is 17.1. The molecule has 1 aliphatic heterocycles. The van der Waals surface area contributed by atoms with Crippen LogP contribution in [0.2, 0.25) is 0 Å². The lowest BCUT2D eigenvalue weighted by Gasteiger charge is -2.38. The fraction of sp³-hybridized carbons (Fsp3) is 0.227. The topological polar surface area (TPSA) is 76.1 Å². The molecule has 1 aromatic heterocycles. The van der Waals surface area contributed by atoms with Gasteiger partial charge < -0.3 is 15.4 Å². The highest BCUT2D eigenvalue weighted by atomic mass is 16.5. The van der Waals surface area contributed by atoms with Crippen molar-refractivity contribution in [2.24, 2.45) is 0 Å². The van der Waals surface area contributed by atoms with Crippen molar-refractivity contribution in [3.63, 3.8) is 0 Å². The minimum Gasteiger partial charge on any atom is -0.487 e. The van der Waals surface area contributed by atoms with E-state index in [1.54, 1.807) is 12.1 Å². The van der Waals surface area contributed by atoms with Gasteiger partial charge in [0.15, 0.2) is 5.69 Å². The summed E-state index contributed by atoms with van der Waals surface area (Å²) in [5.41, 5.74) is 1.80. The quantitative estimate of drug-likeness (QED) is 0.706. The monoisotopic (exact) mass is 374 g/mol. The zero-order valence-corrected chi connectivity index (χ0v) is 15.8. The standard InChI is InChI=1S/C22H22N4O2/c1-22(2)14-18(16-10-6-7-11-19(16)28-22)24-20-13-12-17(25-26-20)21(27)23-15-8-4-3-5-9-15/h3-13,18H,14H2,1-2H3,(H,23,27)(H,24,26). The van der Waals surface area contributed by atoms with E-state index in [9.17, 15) is 4.79 Å². The van der Waals surface area contributed by atoms with Crippen molar-refractivity contribution in [3.05, 3.63) is 78.0 Å². The highest BCUT2D eigenvalue weighted by Crippen LogP contribution is 2.40. The van der Waals surface area contributed by atoms with E-state index in [1.807, 2.05) is 48.5 Å². The molecule has 142 valence electrons. The molecule has 0 aliphatic carbocycles. The lowest BCUT2D eigenvalue weighted by atomic mass is 9.90. The second-order valence-electron chi connectivity index (χ2n) is 7.42. The maximum Gasteiger partial charge on any atom is 0.276 e. The third-order valence-electron chi connectivity index (χ3n) is 4.63. The molecule has 4 rings (SSSR count). The number of para-hydroxylation sites is 2. The van der Waals surface area contributed by atoms with Crippen LogP contribution < -0.4 is 15.4 Å². The molecule has 2 heterocycles. The van der Waals surface area contributed by atoms with Crippen LogP contribution in [0, 0.1) is 0 Å². The third-order valence-corrected chi connectivity index (χ3v) is 4.63. The minimum atomic E-state index is -0.289. The fourth-order valence-corrected chi connectivity index (χ4v) is 3.36. The predicted molar refractivity (Wildman–Crippen MR) is 109 cm³/mol. The molecule has 1 atom stereocenters. The van der Waals surface area contributed by atoms with Crippen LogP contribution in [0.1, 0.15) is 42.4 Å². The van der Waals surface area contributed by atoms with E-state index in [4.69, 9.17) is 4.74 Å². The first-order valence-corrected chi connectivity index (χ1v) is 9.25. The molecule has 2 aromatic carbocycles. The molecular weight excluding hydrogens is 352 g/mol.